The van der Waals surface area contributed by atoms with Crippen LogP contribution in [-0.2, 0) is 6.54 Å². The molecule has 0 radical (unpaired) electrons. The lowest BCUT2D eigenvalue weighted by Gasteiger charge is -2.37. The predicted molar refractivity (Wildman–Crippen MR) is 81.0 cm³/mol. The number of fused-ring (bicyclic) bond motifs is 1. The Kier molecular flexibility index (Phi) is 3.81. The Balaban J connectivity index is 2.00. The molecule has 7 heteroatoms. The third kappa shape index (κ3) is 2.73. The minimum absolute atomic E-state index is 0.265. The monoisotopic (exact) mass is 312 g/mol. The lowest BCUT2D eigenvalue weighted by Crippen LogP contribution is -2.51. The summed E-state index contributed by atoms with van der Waals surface area (Å²) in [6.07, 6.45) is 0. The number of likely N-dealkylation sites (N-methyl/N-ethyl adjacent to an activating group) is 2. The molecule has 2 aromatic rings. The smallest absolute Gasteiger partial charge is 0.178 e. The molecule has 0 spiro atoms. The van der Waals surface area contributed by atoms with Crippen molar-refractivity contribution >= 4 is 23.3 Å². The summed E-state index contributed by atoms with van der Waals surface area (Å²) in [6, 6.07) is 2.47. The summed E-state index contributed by atoms with van der Waals surface area (Å²) in [7, 11) is 4.14. The van der Waals surface area contributed by atoms with Crippen LogP contribution < -0.4 is 0 Å². The summed E-state index contributed by atoms with van der Waals surface area (Å²) in [4.78, 5) is 7.36. The van der Waals surface area contributed by atoms with E-state index in [1.54, 1.807) is 4.57 Å². The van der Waals surface area contributed by atoms with Crippen molar-refractivity contribution in [3.05, 3.63) is 28.5 Å². The Labute approximate surface area is 127 Å². The second-order valence-electron chi connectivity index (χ2n) is 5.72. The molecule has 1 aliphatic rings. The van der Waals surface area contributed by atoms with Crippen molar-refractivity contribution in [3.8, 4) is 0 Å². The summed E-state index contributed by atoms with van der Waals surface area (Å²) in [6.45, 7) is 3.51. The lowest BCUT2D eigenvalue weighted by molar-refractivity contribution is 0.103. The lowest BCUT2D eigenvalue weighted by atomic mass is 10.2. The Morgan fingerprint density at radius 2 is 2.05 bits per heavy atom. The molecule has 2 heterocycles. The van der Waals surface area contributed by atoms with E-state index in [2.05, 4.69) is 28.9 Å². The van der Waals surface area contributed by atoms with Crippen LogP contribution in [0.1, 0.15) is 0 Å². The number of nitrogens with one attached hydrogen (secondary N) is 1. The molecule has 0 amide bonds. The van der Waals surface area contributed by atoms with E-state index >= 15 is 0 Å². The Bertz CT molecular complexity index is 724. The standard InChI is InChI=1S/C14H18F2N4S/c1-18-3-4-19(2)10(7-18)8-20-12-6-9(15)5-11(16)13(12)17-14(20)21/h5-6,10H,3-4,7-8H2,1-2H3,(H,17,21). The maximum atomic E-state index is 13.8. The van der Waals surface area contributed by atoms with Gasteiger partial charge in [0.15, 0.2) is 10.6 Å². The van der Waals surface area contributed by atoms with Crippen molar-refractivity contribution in [2.24, 2.45) is 0 Å². The van der Waals surface area contributed by atoms with Crippen LogP contribution in [0.2, 0.25) is 0 Å². The van der Waals surface area contributed by atoms with E-state index in [4.69, 9.17) is 12.2 Å². The van der Waals surface area contributed by atoms with Gasteiger partial charge < -0.3 is 14.5 Å². The molecule has 4 nitrogen and oxygen atoms in total. The van der Waals surface area contributed by atoms with Gasteiger partial charge in [0, 0.05) is 38.3 Å². The molecule has 1 unspecified atom stereocenters. The van der Waals surface area contributed by atoms with Crippen LogP contribution in [0.5, 0.6) is 0 Å². The first-order chi connectivity index (χ1) is 9.95. The first-order valence-corrected chi connectivity index (χ1v) is 7.33. The van der Waals surface area contributed by atoms with Crippen molar-refractivity contribution in [2.45, 2.75) is 12.6 Å². The number of aromatic nitrogens is 2. The van der Waals surface area contributed by atoms with E-state index in [1.165, 1.54) is 6.07 Å². The van der Waals surface area contributed by atoms with Crippen molar-refractivity contribution < 1.29 is 8.78 Å². The van der Waals surface area contributed by atoms with Gasteiger partial charge >= 0.3 is 0 Å². The van der Waals surface area contributed by atoms with E-state index in [1.807, 2.05) is 0 Å². The van der Waals surface area contributed by atoms with Crippen molar-refractivity contribution in [1.82, 2.24) is 19.4 Å². The maximum absolute atomic E-state index is 13.8. The van der Waals surface area contributed by atoms with Crippen molar-refractivity contribution in [3.63, 3.8) is 0 Å². The number of halogens is 2. The molecule has 1 aromatic carbocycles. The predicted octanol–water partition coefficient (Wildman–Crippen LogP) is 2.22. The molecular formula is C14H18F2N4S. The summed E-state index contributed by atoms with van der Waals surface area (Å²) < 4.78 is 29.5. The maximum Gasteiger partial charge on any atom is 0.178 e. The highest BCUT2D eigenvalue weighted by molar-refractivity contribution is 7.71. The van der Waals surface area contributed by atoms with E-state index in [-0.39, 0.29) is 11.6 Å². The summed E-state index contributed by atoms with van der Waals surface area (Å²) in [5.74, 6) is -1.19. The number of rotatable bonds is 2. The van der Waals surface area contributed by atoms with Crippen molar-refractivity contribution in [1.29, 1.82) is 0 Å². The van der Waals surface area contributed by atoms with Gasteiger partial charge in [-0.3, -0.25) is 4.90 Å². The van der Waals surface area contributed by atoms with Crippen LogP contribution in [0.25, 0.3) is 11.0 Å². The van der Waals surface area contributed by atoms with Gasteiger partial charge in [-0.05, 0) is 32.4 Å². The summed E-state index contributed by atoms with van der Waals surface area (Å²) in [5, 5.41) is 0. The van der Waals surface area contributed by atoms with Crippen LogP contribution in [-0.4, -0.2) is 59.1 Å². The van der Waals surface area contributed by atoms with E-state index in [9.17, 15) is 8.78 Å². The highest BCUT2D eigenvalue weighted by Crippen LogP contribution is 2.21. The Morgan fingerprint density at radius 1 is 1.29 bits per heavy atom. The molecule has 1 fully saturated rings. The first-order valence-electron chi connectivity index (χ1n) is 6.92. The minimum Gasteiger partial charge on any atom is -0.328 e. The van der Waals surface area contributed by atoms with Gasteiger partial charge in [-0.15, -0.1) is 0 Å². The highest BCUT2D eigenvalue weighted by Gasteiger charge is 2.23. The van der Waals surface area contributed by atoms with E-state index in [0.717, 1.165) is 25.7 Å². The number of aromatic amines is 1. The molecule has 3 rings (SSSR count). The number of imidazole rings is 1. The third-order valence-electron chi connectivity index (χ3n) is 4.18. The van der Waals surface area contributed by atoms with Crippen LogP contribution in [0, 0.1) is 16.4 Å². The van der Waals surface area contributed by atoms with Gasteiger partial charge in [0.25, 0.3) is 0 Å². The second kappa shape index (κ2) is 5.47. The van der Waals surface area contributed by atoms with Gasteiger partial charge in [-0.2, -0.15) is 0 Å². The normalized spacial score (nSPS) is 21.2. The molecule has 1 aromatic heterocycles. The zero-order valence-corrected chi connectivity index (χ0v) is 12.9. The average Bonchev–Trinajstić information content (AvgIpc) is 2.72. The van der Waals surface area contributed by atoms with Crippen molar-refractivity contribution in [2.75, 3.05) is 33.7 Å². The average molecular weight is 312 g/mol. The second-order valence-corrected chi connectivity index (χ2v) is 6.11. The van der Waals surface area contributed by atoms with Crippen LogP contribution >= 0.6 is 12.2 Å². The van der Waals surface area contributed by atoms with Gasteiger partial charge in [-0.1, -0.05) is 0 Å². The summed E-state index contributed by atoms with van der Waals surface area (Å²) >= 11 is 5.28. The van der Waals surface area contributed by atoms with Crippen LogP contribution in [0.4, 0.5) is 8.78 Å². The fraction of sp³-hybridized carbons (Fsp3) is 0.500. The molecule has 0 saturated carbocycles. The number of benzene rings is 1. The Hall–Kier alpha value is -1.31. The molecule has 0 aliphatic carbocycles. The topological polar surface area (TPSA) is 27.2 Å². The molecule has 1 aliphatic heterocycles. The van der Waals surface area contributed by atoms with Gasteiger partial charge in [0.1, 0.15) is 11.3 Å². The van der Waals surface area contributed by atoms with E-state index in [0.29, 0.717) is 16.8 Å². The zero-order chi connectivity index (χ0) is 15.1. The quantitative estimate of drug-likeness (QED) is 0.862. The number of piperazine rings is 1. The zero-order valence-electron chi connectivity index (χ0n) is 12.1. The fourth-order valence-corrected chi connectivity index (χ4v) is 3.15. The molecule has 1 saturated heterocycles. The molecule has 114 valence electrons. The SMILES string of the molecule is CN1CCN(C)C(Cn2c(=S)[nH]c3c(F)cc(F)cc32)C1. The molecule has 1 N–H and O–H groups in total. The van der Waals surface area contributed by atoms with Gasteiger partial charge in [0.05, 0.1) is 5.52 Å². The van der Waals surface area contributed by atoms with E-state index < -0.39 is 11.6 Å². The minimum atomic E-state index is -0.607. The van der Waals surface area contributed by atoms with Gasteiger partial charge in [-0.25, -0.2) is 8.78 Å². The summed E-state index contributed by atoms with van der Waals surface area (Å²) in [5.41, 5.74) is 0.757. The van der Waals surface area contributed by atoms with Gasteiger partial charge in [0.2, 0.25) is 0 Å². The molecule has 0 bridgehead atoms. The molecular weight excluding hydrogens is 294 g/mol. The number of hydrogen-bond acceptors (Lipinski definition) is 3. The number of hydrogen-bond donors (Lipinski definition) is 1. The number of nitrogens with zero attached hydrogens (tertiary/aromatic N) is 3. The fourth-order valence-electron chi connectivity index (χ4n) is 2.87. The highest BCUT2D eigenvalue weighted by atomic mass is 32.1. The largest absolute Gasteiger partial charge is 0.328 e. The third-order valence-corrected chi connectivity index (χ3v) is 4.50. The number of H-pyrrole nitrogens is 1. The molecule has 21 heavy (non-hydrogen) atoms. The Morgan fingerprint density at radius 3 is 2.81 bits per heavy atom. The molecule has 1 atom stereocenters. The van der Waals surface area contributed by atoms with Crippen LogP contribution in [0.3, 0.4) is 0 Å². The van der Waals surface area contributed by atoms with Crippen LogP contribution in [0.15, 0.2) is 12.1 Å². The first kappa shape index (κ1) is 14.6.